The molecule has 0 fully saturated rings. The second kappa shape index (κ2) is 9.47. The van der Waals surface area contributed by atoms with Crippen molar-refractivity contribution in [2.45, 2.75) is 25.0 Å². The van der Waals surface area contributed by atoms with Crippen molar-refractivity contribution >= 4 is 17.7 Å². The van der Waals surface area contributed by atoms with Crippen LogP contribution in [0.4, 0.5) is 0 Å². The summed E-state index contributed by atoms with van der Waals surface area (Å²) in [5.74, 6) is 7.53. The van der Waals surface area contributed by atoms with Crippen LogP contribution in [0.2, 0.25) is 0 Å². The summed E-state index contributed by atoms with van der Waals surface area (Å²) < 4.78 is 6.75. The Balaban J connectivity index is 1.62. The highest BCUT2D eigenvalue weighted by Gasteiger charge is 2.17. The van der Waals surface area contributed by atoms with Crippen LogP contribution in [0.15, 0.2) is 53.7 Å². The Hall–Kier alpha value is -3.00. The summed E-state index contributed by atoms with van der Waals surface area (Å²) in [4.78, 5) is 14.2. The van der Waals surface area contributed by atoms with Crippen molar-refractivity contribution in [1.29, 1.82) is 0 Å². The Bertz CT molecular complexity index is 971. The van der Waals surface area contributed by atoms with Crippen molar-refractivity contribution in [2.75, 3.05) is 25.8 Å². The van der Waals surface area contributed by atoms with E-state index < -0.39 is 0 Å². The normalized spacial score (nSPS) is 10.7. The minimum atomic E-state index is -0.00332. The van der Waals surface area contributed by atoms with Crippen LogP contribution in [0.25, 0.3) is 11.4 Å². The van der Waals surface area contributed by atoms with Gasteiger partial charge in [-0.15, -0.1) is 10.2 Å². The molecule has 7 nitrogen and oxygen atoms in total. The quantitative estimate of drug-likeness (QED) is 0.453. The Morgan fingerprint density at radius 3 is 2.52 bits per heavy atom. The zero-order valence-electron chi connectivity index (χ0n) is 16.8. The van der Waals surface area contributed by atoms with Gasteiger partial charge in [0.05, 0.1) is 18.4 Å². The number of methoxy groups -OCH3 is 1. The van der Waals surface area contributed by atoms with Gasteiger partial charge < -0.3 is 15.5 Å². The first-order valence-electron chi connectivity index (χ1n) is 9.32. The summed E-state index contributed by atoms with van der Waals surface area (Å²) in [5.41, 5.74) is 3.13. The van der Waals surface area contributed by atoms with E-state index in [1.807, 2.05) is 24.3 Å². The zero-order chi connectivity index (χ0) is 20.8. The number of aromatic nitrogens is 3. The highest BCUT2D eigenvalue weighted by atomic mass is 32.2. The van der Waals surface area contributed by atoms with Crippen LogP contribution in [0.1, 0.15) is 18.1 Å². The average molecular weight is 412 g/mol. The number of ether oxygens (including phenoxy) is 1. The molecule has 1 amide bonds. The number of nitrogens with two attached hydrogens (primary N) is 1. The average Bonchev–Trinajstić information content (AvgIpc) is 3.12. The molecule has 8 heteroatoms. The number of amides is 1. The lowest BCUT2D eigenvalue weighted by molar-refractivity contribution is -0.127. The van der Waals surface area contributed by atoms with Gasteiger partial charge in [-0.1, -0.05) is 55.1 Å². The summed E-state index contributed by atoms with van der Waals surface area (Å²) in [6.07, 6.45) is 1.00. The number of nitrogen functional groups attached to an aromatic ring is 1. The summed E-state index contributed by atoms with van der Waals surface area (Å²) >= 11 is 1.26. The molecule has 1 aromatic heterocycles. The van der Waals surface area contributed by atoms with E-state index in [-0.39, 0.29) is 11.7 Å². The molecule has 152 valence electrons. The Morgan fingerprint density at radius 1 is 1.14 bits per heavy atom. The molecule has 0 aliphatic rings. The van der Waals surface area contributed by atoms with Crippen molar-refractivity contribution < 1.29 is 9.53 Å². The minimum absolute atomic E-state index is 0.00332. The standard InChI is InChI=1S/C21H25N5O2S/c1-4-15-9-11-16(12-10-15)13-25(2)19(27)14-29-21-24-23-20(26(21)22)17-7-5-6-8-18(17)28-3/h5-12H,4,13-14,22H2,1-3H3. The maximum Gasteiger partial charge on any atom is 0.233 e. The number of benzene rings is 2. The molecule has 0 radical (unpaired) electrons. The highest BCUT2D eigenvalue weighted by Crippen LogP contribution is 2.29. The van der Waals surface area contributed by atoms with Gasteiger partial charge in [0.15, 0.2) is 5.82 Å². The second-order valence-electron chi connectivity index (χ2n) is 6.58. The molecule has 29 heavy (non-hydrogen) atoms. The van der Waals surface area contributed by atoms with Gasteiger partial charge in [-0.25, -0.2) is 4.68 Å². The van der Waals surface area contributed by atoms with Gasteiger partial charge in [0, 0.05) is 13.6 Å². The van der Waals surface area contributed by atoms with E-state index in [0.717, 1.165) is 17.5 Å². The summed E-state index contributed by atoms with van der Waals surface area (Å²) in [6.45, 7) is 2.68. The Morgan fingerprint density at radius 2 is 1.83 bits per heavy atom. The molecule has 0 saturated heterocycles. The van der Waals surface area contributed by atoms with Crippen molar-refractivity contribution in [3.8, 4) is 17.1 Å². The van der Waals surface area contributed by atoms with Crippen LogP contribution in [0.3, 0.4) is 0 Å². The molecule has 0 unspecified atom stereocenters. The smallest absolute Gasteiger partial charge is 0.233 e. The molecule has 3 rings (SSSR count). The van der Waals surface area contributed by atoms with Gasteiger partial charge in [-0.3, -0.25) is 4.79 Å². The fraction of sp³-hybridized carbons (Fsp3) is 0.286. The predicted octanol–water partition coefficient (Wildman–Crippen LogP) is 2.98. The number of carbonyl (C=O) groups is 1. The van der Waals surface area contributed by atoms with E-state index in [1.54, 1.807) is 19.1 Å². The topological polar surface area (TPSA) is 86.3 Å². The molecule has 0 saturated carbocycles. The molecule has 0 spiro atoms. The third kappa shape index (κ3) is 4.89. The summed E-state index contributed by atoms with van der Waals surface area (Å²) in [6, 6.07) is 15.8. The SMILES string of the molecule is CCc1ccc(CN(C)C(=O)CSc2nnc(-c3ccccc3OC)n2N)cc1. The van der Waals surface area contributed by atoms with E-state index >= 15 is 0 Å². The van der Waals surface area contributed by atoms with Gasteiger partial charge in [-0.05, 0) is 29.7 Å². The molecule has 0 atom stereocenters. The van der Waals surface area contributed by atoms with Crippen LogP contribution < -0.4 is 10.6 Å². The molecule has 1 heterocycles. The van der Waals surface area contributed by atoms with E-state index in [1.165, 1.54) is 22.0 Å². The number of nitrogens with zero attached hydrogens (tertiary/aromatic N) is 4. The molecule has 0 bridgehead atoms. The van der Waals surface area contributed by atoms with Crippen molar-refractivity contribution in [3.63, 3.8) is 0 Å². The van der Waals surface area contributed by atoms with Crippen LogP contribution in [-0.2, 0) is 17.8 Å². The van der Waals surface area contributed by atoms with E-state index in [9.17, 15) is 4.79 Å². The summed E-state index contributed by atoms with van der Waals surface area (Å²) in [5, 5.41) is 8.76. The van der Waals surface area contributed by atoms with Gasteiger partial charge in [0.25, 0.3) is 0 Å². The number of carbonyl (C=O) groups excluding carboxylic acids is 1. The van der Waals surface area contributed by atoms with E-state index in [0.29, 0.717) is 23.3 Å². The summed E-state index contributed by atoms with van der Waals surface area (Å²) in [7, 11) is 3.39. The van der Waals surface area contributed by atoms with Crippen LogP contribution >= 0.6 is 11.8 Å². The highest BCUT2D eigenvalue weighted by molar-refractivity contribution is 7.99. The molecule has 2 N–H and O–H groups in total. The van der Waals surface area contributed by atoms with Crippen molar-refractivity contribution in [3.05, 3.63) is 59.7 Å². The molecular weight excluding hydrogens is 386 g/mol. The lowest BCUT2D eigenvalue weighted by Gasteiger charge is -2.17. The van der Waals surface area contributed by atoms with Crippen molar-refractivity contribution in [1.82, 2.24) is 19.8 Å². The number of para-hydroxylation sites is 1. The van der Waals surface area contributed by atoms with Gasteiger partial charge in [0.1, 0.15) is 5.75 Å². The first-order chi connectivity index (χ1) is 14.0. The first-order valence-corrected chi connectivity index (χ1v) is 10.3. The molecule has 3 aromatic rings. The fourth-order valence-electron chi connectivity index (χ4n) is 2.87. The third-order valence-electron chi connectivity index (χ3n) is 4.61. The second-order valence-corrected chi connectivity index (χ2v) is 7.53. The number of thioether (sulfide) groups is 1. The molecule has 0 aliphatic carbocycles. The Kier molecular flexibility index (Phi) is 6.77. The number of rotatable bonds is 8. The van der Waals surface area contributed by atoms with Crippen LogP contribution in [-0.4, -0.2) is 45.6 Å². The lowest BCUT2D eigenvalue weighted by atomic mass is 10.1. The first kappa shape index (κ1) is 20.7. The van der Waals surface area contributed by atoms with Crippen molar-refractivity contribution in [2.24, 2.45) is 0 Å². The van der Waals surface area contributed by atoms with Gasteiger partial charge in [-0.2, -0.15) is 0 Å². The van der Waals surface area contributed by atoms with Gasteiger partial charge in [0.2, 0.25) is 11.1 Å². The number of hydrogen-bond donors (Lipinski definition) is 1. The Labute approximate surface area is 174 Å². The maximum absolute atomic E-state index is 12.5. The molecule has 0 aliphatic heterocycles. The molecule has 2 aromatic carbocycles. The largest absolute Gasteiger partial charge is 0.496 e. The van der Waals surface area contributed by atoms with Crippen LogP contribution in [0, 0.1) is 0 Å². The maximum atomic E-state index is 12.5. The van der Waals surface area contributed by atoms with Crippen LogP contribution in [0.5, 0.6) is 5.75 Å². The molecular formula is C21H25N5O2S. The van der Waals surface area contributed by atoms with E-state index in [4.69, 9.17) is 10.6 Å². The van der Waals surface area contributed by atoms with Gasteiger partial charge >= 0.3 is 0 Å². The number of hydrogen-bond acceptors (Lipinski definition) is 6. The number of aryl methyl sites for hydroxylation is 1. The third-order valence-corrected chi connectivity index (χ3v) is 5.54. The fourth-order valence-corrected chi connectivity index (χ4v) is 3.66. The van der Waals surface area contributed by atoms with E-state index in [2.05, 4.69) is 41.4 Å². The lowest BCUT2D eigenvalue weighted by Crippen LogP contribution is -2.28. The monoisotopic (exact) mass is 411 g/mol. The predicted molar refractivity (Wildman–Crippen MR) is 115 cm³/mol. The zero-order valence-corrected chi connectivity index (χ0v) is 17.6. The minimum Gasteiger partial charge on any atom is -0.496 e.